The molecule has 32 heavy (non-hydrogen) atoms. The number of pyridine rings is 1. The van der Waals surface area contributed by atoms with Gasteiger partial charge in [0.15, 0.2) is 0 Å². The number of carbonyl (C=O) groups excluding carboxylic acids is 1. The van der Waals surface area contributed by atoms with Crippen molar-refractivity contribution in [2.24, 2.45) is 0 Å². The van der Waals surface area contributed by atoms with E-state index in [1.807, 2.05) is 49.6 Å². The third-order valence-corrected chi connectivity index (χ3v) is 5.41. The number of aromatic nitrogens is 2. The molecule has 0 radical (unpaired) electrons. The third kappa shape index (κ3) is 5.70. The van der Waals surface area contributed by atoms with Crippen molar-refractivity contribution in [3.8, 4) is 17.4 Å². The summed E-state index contributed by atoms with van der Waals surface area (Å²) >= 11 is 1.52. The summed E-state index contributed by atoms with van der Waals surface area (Å²) in [4.78, 5) is 21.1. The van der Waals surface area contributed by atoms with E-state index in [9.17, 15) is 4.79 Å². The highest BCUT2D eigenvalue weighted by atomic mass is 32.1. The van der Waals surface area contributed by atoms with E-state index >= 15 is 0 Å². The van der Waals surface area contributed by atoms with Crippen LogP contribution in [0.2, 0.25) is 0 Å². The van der Waals surface area contributed by atoms with Crippen molar-refractivity contribution >= 4 is 17.2 Å². The highest BCUT2D eigenvalue weighted by Gasteiger charge is 2.08. The summed E-state index contributed by atoms with van der Waals surface area (Å²) in [7, 11) is 0. The molecule has 0 bridgehead atoms. The predicted molar refractivity (Wildman–Crippen MR) is 124 cm³/mol. The number of rotatable bonds is 8. The van der Waals surface area contributed by atoms with Crippen molar-refractivity contribution in [1.82, 2.24) is 15.3 Å². The first-order chi connectivity index (χ1) is 15.6. The van der Waals surface area contributed by atoms with Crippen LogP contribution in [-0.2, 0) is 13.2 Å². The standard InChI is InChI=1S/C25H23N3O3S/c1-17-6-7-18(2)23(10-17)31-24-9-8-19(12-26-24)13-27-25(29)20-4-3-5-22(11-20)30-14-21-15-32-16-28-21/h3-12,15-16H,13-14H2,1-2H3,(H,27,29). The molecule has 4 rings (SSSR count). The minimum atomic E-state index is -0.181. The van der Waals surface area contributed by atoms with Gasteiger partial charge in [0.2, 0.25) is 5.88 Å². The Morgan fingerprint density at radius 2 is 1.97 bits per heavy atom. The minimum absolute atomic E-state index is 0.181. The van der Waals surface area contributed by atoms with E-state index in [1.165, 1.54) is 11.3 Å². The molecule has 0 saturated heterocycles. The molecule has 2 aromatic heterocycles. The van der Waals surface area contributed by atoms with E-state index in [1.54, 1.807) is 36.0 Å². The number of hydrogen-bond donors (Lipinski definition) is 1. The number of thiazole rings is 1. The highest BCUT2D eigenvalue weighted by molar-refractivity contribution is 7.07. The van der Waals surface area contributed by atoms with Crippen LogP contribution in [0.25, 0.3) is 0 Å². The summed E-state index contributed by atoms with van der Waals surface area (Å²) in [6, 6.07) is 16.8. The maximum atomic E-state index is 12.6. The topological polar surface area (TPSA) is 73.3 Å². The van der Waals surface area contributed by atoms with Gasteiger partial charge in [-0.15, -0.1) is 11.3 Å². The van der Waals surface area contributed by atoms with Gasteiger partial charge in [0.25, 0.3) is 5.91 Å². The van der Waals surface area contributed by atoms with E-state index in [-0.39, 0.29) is 5.91 Å². The van der Waals surface area contributed by atoms with Crippen molar-refractivity contribution in [1.29, 1.82) is 0 Å². The Labute approximate surface area is 190 Å². The van der Waals surface area contributed by atoms with Crippen molar-refractivity contribution in [3.05, 3.63) is 99.6 Å². The predicted octanol–water partition coefficient (Wildman–Crippen LogP) is 5.46. The Kier molecular flexibility index (Phi) is 6.77. The maximum absolute atomic E-state index is 12.6. The van der Waals surface area contributed by atoms with Gasteiger partial charge in [0, 0.05) is 29.8 Å². The Morgan fingerprint density at radius 3 is 2.75 bits per heavy atom. The fourth-order valence-electron chi connectivity index (χ4n) is 2.98. The number of nitrogens with zero attached hydrogens (tertiary/aromatic N) is 2. The van der Waals surface area contributed by atoms with Gasteiger partial charge in [-0.2, -0.15) is 0 Å². The Bertz CT molecular complexity index is 1190. The SMILES string of the molecule is Cc1ccc(C)c(Oc2ccc(CNC(=O)c3cccc(OCc4cscn4)c3)cn2)c1. The average molecular weight is 446 g/mol. The number of nitrogens with one attached hydrogen (secondary N) is 1. The fraction of sp³-hybridized carbons (Fsp3) is 0.160. The molecule has 1 amide bonds. The van der Waals surface area contributed by atoms with Gasteiger partial charge in [-0.25, -0.2) is 9.97 Å². The number of hydrogen-bond acceptors (Lipinski definition) is 6. The van der Waals surface area contributed by atoms with Crippen LogP contribution >= 0.6 is 11.3 Å². The van der Waals surface area contributed by atoms with Gasteiger partial charge in [0.05, 0.1) is 11.2 Å². The maximum Gasteiger partial charge on any atom is 0.251 e. The van der Waals surface area contributed by atoms with E-state index in [2.05, 4.69) is 15.3 Å². The number of benzene rings is 2. The summed E-state index contributed by atoms with van der Waals surface area (Å²) in [5.41, 5.74) is 6.21. The Balaban J connectivity index is 1.32. The zero-order chi connectivity index (χ0) is 22.3. The number of carbonyl (C=O) groups is 1. The molecular formula is C25H23N3O3S. The average Bonchev–Trinajstić information content (AvgIpc) is 3.33. The van der Waals surface area contributed by atoms with Crippen molar-refractivity contribution < 1.29 is 14.3 Å². The van der Waals surface area contributed by atoms with Crippen LogP contribution in [0.3, 0.4) is 0 Å². The molecule has 4 aromatic rings. The van der Waals surface area contributed by atoms with E-state index in [0.29, 0.717) is 30.3 Å². The molecule has 2 heterocycles. The molecule has 0 aliphatic heterocycles. The summed E-state index contributed by atoms with van der Waals surface area (Å²) in [6.07, 6.45) is 1.70. The number of ether oxygens (including phenoxy) is 2. The van der Waals surface area contributed by atoms with Crippen molar-refractivity contribution in [3.63, 3.8) is 0 Å². The lowest BCUT2D eigenvalue weighted by atomic mass is 10.1. The van der Waals surface area contributed by atoms with E-state index < -0.39 is 0 Å². The molecule has 2 aromatic carbocycles. The van der Waals surface area contributed by atoms with Crippen molar-refractivity contribution in [2.75, 3.05) is 0 Å². The highest BCUT2D eigenvalue weighted by Crippen LogP contribution is 2.24. The summed E-state index contributed by atoms with van der Waals surface area (Å²) in [6.45, 7) is 4.75. The summed E-state index contributed by atoms with van der Waals surface area (Å²) < 4.78 is 11.6. The first-order valence-electron chi connectivity index (χ1n) is 10.1. The second kappa shape index (κ2) is 10.1. The molecule has 0 aliphatic rings. The lowest BCUT2D eigenvalue weighted by Gasteiger charge is -2.10. The lowest BCUT2D eigenvalue weighted by Crippen LogP contribution is -2.22. The first kappa shape index (κ1) is 21.5. The van der Waals surface area contributed by atoms with Gasteiger partial charge in [-0.3, -0.25) is 4.79 Å². The van der Waals surface area contributed by atoms with Crippen LogP contribution in [0.1, 0.15) is 32.7 Å². The molecule has 0 unspecified atom stereocenters. The zero-order valence-corrected chi connectivity index (χ0v) is 18.7. The molecule has 6 nitrogen and oxygen atoms in total. The minimum Gasteiger partial charge on any atom is -0.487 e. The fourth-order valence-corrected chi connectivity index (χ4v) is 3.53. The largest absolute Gasteiger partial charge is 0.487 e. The monoisotopic (exact) mass is 445 g/mol. The molecule has 1 N–H and O–H groups in total. The van der Waals surface area contributed by atoms with Crippen LogP contribution in [0.4, 0.5) is 0 Å². The molecule has 0 fully saturated rings. The molecule has 0 spiro atoms. The molecular weight excluding hydrogens is 422 g/mol. The summed E-state index contributed by atoms with van der Waals surface area (Å²) in [5, 5.41) is 4.85. The zero-order valence-electron chi connectivity index (χ0n) is 17.9. The number of amides is 1. The van der Waals surface area contributed by atoms with Gasteiger partial charge in [-0.1, -0.05) is 24.3 Å². The van der Waals surface area contributed by atoms with Crippen LogP contribution in [0.5, 0.6) is 17.4 Å². The Hall–Kier alpha value is -3.71. The molecule has 0 saturated carbocycles. The quantitative estimate of drug-likeness (QED) is 0.390. The normalized spacial score (nSPS) is 10.6. The molecule has 7 heteroatoms. The molecule has 0 atom stereocenters. The third-order valence-electron chi connectivity index (χ3n) is 4.78. The molecule has 162 valence electrons. The van der Waals surface area contributed by atoms with Gasteiger partial charge in [0.1, 0.15) is 18.1 Å². The van der Waals surface area contributed by atoms with E-state index in [4.69, 9.17) is 9.47 Å². The van der Waals surface area contributed by atoms with Gasteiger partial charge >= 0.3 is 0 Å². The van der Waals surface area contributed by atoms with Gasteiger partial charge < -0.3 is 14.8 Å². The van der Waals surface area contributed by atoms with Crippen LogP contribution in [0.15, 0.2) is 71.7 Å². The molecule has 0 aliphatic carbocycles. The second-order valence-corrected chi connectivity index (χ2v) is 8.07. The van der Waals surface area contributed by atoms with Gasteiger partial charge in [-0.05, 0) is 54.8 Å². The van der Waals surface area contributed by atoms with Crippen LogP contribution < -0.4 is 14.8 Å². The lowest BCUT2D eigenvalue weighted by molar-refractivity contribution is 0.0950. The van der Waals surface area contributed by atoms with E-state index in [0.717, 1.165) is 28.1 Å². The van der Waals surface area contributed by atoms with Crippen LogP contribution in [0, 0.1) is 13.8 Å². The van der Waals surface area contributed by atoms with Crippen LogP contribution in [-0.4, -0.2) is 15.9 Å². The smallest absolute Gasteiger partial charge is 0.251 e. The Morgan fingerprint density at radius 1 is 1.06 bits per heavy atom. The summed E-state index contributed by atoms with van der Waals surface area (Å²) in [5.74, 6) is 1.74. The number of aryl methyl sites for hydroxylation is 2. The van der Waals surface area contributed by atoms with Crippen molar-refractivity contribution in [2.45, 2.75) is 27.0 Å². The first-order valence-corrected chi connectivity index (χ1v) is 11.1. The second-order valence-electron chi connectivity index (χ2n) is 7.35.